The molecule has 0 unspecified atom stereocenters. The molecule has 1 aliphatic rings. The van der Waals surface area contributed by atoms with E-state index in [0.29, 0.717) is 25.4 Å². The molecule has 1 fully saturated rings. The molecule has 12 heteroatoms. The quantitative estimate of drug-likeness (QED) is 0.641. The van der Waals surface area contributed by atoms with Crippen molar-refractivity contribution in [2.75, 3.05) is 32.0 Å². The first kappa shape index (κ1) is 19.7. The molecular formula is C16H23N7O5. The number of rotatable bonds is 7. The molecule has 0 radical (unpaired) electrons. The Hall–Kier alpha value is -3.02. The highest BCUT2D eigenvalue weighted by molar-refractivity contribution is 5.88. The molecule has 1 aliphatic heterocycles. The predicted octanol–water partition coefficient (Wildman–Crippen LogP) is 0.184. The SMILES string of the molecule is CCOC(=O)c1nnn(-c2nonc2N)c1CN1CCC[C@H](C(=O)OCC)C1. The Kier molecular flexibility index (Phi) is 6.19. The van der Waals surface area contributed by atoms with Crippen molar-refractivity contribution in [2.24, 2.45) is 5.92 Å². The van der Waals surface area contributed by atoms with Crippen LogP contribution < -0.4 is 5.73 Å². The van der Waals surface area contributed by atoms with E-state index in [1.165, 1.54) is 4.68 Å². The maximum atomic E-state index is 12.3. The van der Waals surface area contributed by atoms with Crippen LogP contribution in [0.5, 0.6) is 0 Å². The average molecular weight is 393 g/mol. The van der Waals surface area contributed by atoms with Crippen molar-refractivity contribution in [3.05, 3.63) is 11.4 Å². The van der Waals surface area contributed by atoms with Crippen LogP contribution >= 0.6 is 0 Å². The smallest absolute Gasteiger partial charge is 0.360 e. The van der Waals surface area contributed by atoms with Crippen molar-refractivity contribution < 1.29 is 23.7 Å². The standard InChI is InChI=1S/C16H23N7O5/c1-3-26-15(24)10-6-5-7-22(8-10)9-11-12(16(25)27-4-2)18-21-23(11)14-13(17)19-28-20-14/h10H,3-9H2,1-2H3,(H2,17,19)/t10-/m0/s1. The minimum Gasteiger partial charge on any atom is -0.466 e. The summed E-state index contributed by atoms with van der Waals surface area (Å²) in [5.74, 6) is -0.878. The zero-order valence-electron chi connectivity index (χ0n) is 15.8. The van der Waals surface area contributed by atoms with Crippen LogP contribution in [0.2, 0.25) is 0 Å². The predicted molar refractivity (Wildman–Crippen MR) is 94.2 cm³/mol. The van der Waals surface area contributed by atoms with Gasteiger partial charge in [-0.05, 0) is 43.5 Å². The third-order valence-corrected chi connectivity index (χ3v) is 4.43. The Balaban J connectivity index is 1.87. The van der Waals surface area contributed by atoms with E-state index in [0.717, 1.165) is 19.4 Å². The minimum absolute atomic E-state index is 0.0182. The number of carbonyl (C=O) groups excluding carboxylic acids is 2. The van der Waals surface area contributed by atoms with Crippen LogP contribution in [0.25, 0.3) is 5.82 Å². The summed E-state index contributed by atoms with van der Waals surface area (Å²) in [5, 5.41) is 15.2. The Labute approximate surface area is 160 Å². The molecule has 2 N–H and O–H groups in total. The highest BCUT2D eigenvalue weighted by atomic mass is 16.6. The Morgan fingerprint density at radius 2 is 2.04 bits per heavy atom. The number of ether oxygens (including phenoxy) is 2. The normalized spacial score (nSPS) is 17.4. The molecule has 0 bridgehead atoms. The topological polar surface area (TPSA) is 151 Å². The molecule has 1 atom stereocenters. The number of anilines is 1. The number of nitrogens with zero attached hydrogens (tertiary/aromatic N) is 6. The van der Waals surface area contributed by atoms with Crippen LogP contribution in [0.15, 0.2) is 4.63 Å². The second-order valence-corrected chi connectivity index (χ2v) is 6.32. The van der Waals surface area contributed by atoms with Gasteiger partial charge >= 0.3 is 11.9 Å². The maximum Gasteiger partial charge on any atom is 0.360 e. The van der Waals surface area contributed by atoms with Gasteiger partial charge in [0.05, 0.1) is 24.8 Å². The van der Waals surface area contributed by atoms with Crippen molar-refractivity contribution in [3.8, 4) is 5.82 Å². The Morgan fingerprint density at radius 1 is 1.25 bits per heavy atom. The summed E-state index contributed by atoms with van der Waals surface area (Å²) < 4.78 is 16.2. The molecule has 0 aromatic carbocycles. The number of hydrogen-bond donors (Lipinski definition) is 1. The molecule has 3 rings (SSSR count). The van der Waals surface area contributed by atoms with Gasteiger partial charge in [0, 0.05) is 13.1 Å². The number of esters is 2. The average Bonchev–Trinajstić information content (AvgIpc) is 3.28. The third kappa shape index (κ3) is 4.11. The van der Waals surface area contributed by atoms with Crippen LogP contribution in [0, 0.1) is 5.92 Å². The molecule has 3 heterocycles. The fourth-order valence-electron chi connectivity index (χ4n) is 3.17. The first-order chi connectivity index (χ1) is 13.5. The van der Waals surface area contributed by atoms with E-state index in [1.54, 1.807) is 13.8 Å². The summed E-state index contributed by atoms with van der Waals surface area (Å²) in [6, 6.07) is 0. The van der Waals surface area contributed by atoms with E-state index in [4.69, 9.17) is 15.2 Å². The van der Waals surface area contributed by atoms with Gasteiger partial charge < -0.3 is 15.2 Å². The second-order valence-electron chi connectivity index (χ2n) is 6.32. The first-order valence-electron chi connectivity index (χ1n) is 9.14. The molecule has 2 aromatic heterocycles. The molecule has 2 aromatic rings. The molecule has 28 heavy (non-hydrogen) atoms. The van der Waals surface area contributed by atoms with Crippen LogP contribution in [-0.4, -0.2) is 68.4 Å². The maximum absolute atomic E-state index is 12.3. The second kappa shape index (κ2) is 8.78. The van der Waals surface area contributed by atoms with Crippen molar-refractivity contribution in [1.82, 2.24) is 30.2 Å². The number of nitrogen functional groups attached to an aromatic ring is 1. The van der Waals surface area contributed by atoms with Gasteiger partial charge in [-0.15, -0.1) is 5.10 Å². The largest absolute Gasteiger partial charge is 0.466 e. The van der Waals surface area contributed by atoms with Crippen molar-refractivity contribution >= 4 is 17.8 Å². The Morgan fingerprint density at radius 3 is 2.71 bits per heavy atom. The lowest BCUT2D eigenvalue weighted by Crippen LogP contribution is -2.39. The van der Waals surface area contributed by atoms with Crippen LogP contribution in [0.3, 0.4) is 0 Å². The molecular weight excluding hydrogens is 370 g/mol. The molecule has 0 spiro atoms. The zero-order chi connectivity index (χ0) is 20.1. The first-order valence-corrected chi connectivity index (χ1v) is 9.14. The van der Waals surface area contributed by atoms with Gasteiger partial charge in [-0.25, -0.2) is 9.42 Å². The lowest BCUT2D eigenvalue weighted by atomic mass is 9.98. The van der Waals surface area contributed by atoms with E-state index in [9.17, 15) is 9.59 Å². The van der Waals surface area contributed by atoms with Gasteiger partial charge in [-0.2, -0.15) is 4.68 Å². The van der Waals surface area contributed by atoms with E-state index in [2.05, 4.69) is 25.3 Å². The van der Waals surface area contributed by atoms with Crippen LogP contribution in [-0.2, 0) is 20.8 Å². The molecule has 152 valence electrons. The highest BCUT2D eigenvalue weighted by Gasteiger charge is 2.31. The molecule has 1 saturated heterocycles. The summed E-state index contributed by atoms with van der Waals surface area (Å²) in [6.07, 6.45) is 1.59. The fourth-order valence-corrected chi connectivity index (χ4v) is 3.17. The summed E-state index contributed by atoms with van der Waals surface area (Å²) in [4.78, 5) is 26.5. The zero-order valence-corrected chi connectivity index (χ0v) is 15.8. The number of likely N-dealkylation sites (tertiary alicyclic amines) is 1. The van der Waals surface area contributed by atoms with Gasteiger partial charge in [0.25, 0.3) is 0 Å². The highest BCUT2D eigenvalue weighted by Crippen LogP contribution is 2.23. The molecule has 12 nitrogen and oxygen atoms in total. The molecule has 0 saturated carbocycles. The molecule has 0 amide bonds. The van der Waals surface area contributed by atoms with E-state index >= 15 is 0 Å². The van der Waals surface area contributed by atoms with Gasteiger partial charge in [0.2, 0.25) is 11.6 Å². The van der Waals surface area contributed by atoms with Gasteiger partial charge in [0.1, 0.15) is 0 Å². The summed E-state index contributed by atoms with van der Waals surface area (Å²) >= 11 is 0. The summed E-state index contributed by atoms with van der Waals surface area (Å²) in [5.41, 5.74) is 6.26. The summed E-state index contributed by atoms with van der Waals surface area (Å²) in [7, 11) is 0. The number of nitrogens with two attached hydrogens (primary N) is 1. The van der Waals surface area contributed by atoms with Crippen molar-refractivity contribution in [2.45, 2.75) is 33.2 Å². The number of carbonyl (C=O) groups is 2. The fraction of sp³-hybridized carbons (Fsp3) is 0.625. The van der Waals surface area contributed by atoms with Crippen LogP contribution in [0.4, 0.5) is 5.82 Å². The van der Waals surface area contributed by atoms with E-state index in [1.807, 2.05) is 4.90 Å². The van der Waals surface area contributed by atoms with Gasteiger partial charge in [-0.1, -0.05) is 5.21 Å². The van der Waals surface area contributed by atoms with Crippen molar-refractivity contribution in [1.29, 1.82) is 0 Å². The number of piperidine rings is 1. The lowest BCUT2D eigenvalue weighted by Gasteiger charge is -2.31. The minimum atomic E-state index is -0.599. The van der Waals surface area contributed by atoms with Gasteiger partial charge in [-0.3, -0.25) is 9.69 Å². The van der Waals surface area contributed by atoms with Gasteiger partial charge in [0.15, 0.2) is 5.69 Å². The van der Waals surface area contributed by atoms with E-state index in [-0.39, 0.29) is 35.8 Å². The lowest BCUT2D eigenvalue weighted by molar-refractivity contribution is -0.150. The van der Waals surface area contributed by atoms with E-state index < -0.39 is 5.97 Å². The van der Waals surface area contributed by atoms with Crippen LogP contribution in [0.1, 0.15) is 42.9 Å². The van der Waals surface area contributed by atoms with Crippen molar-refractivity contribution in [3.63, 3.8) is 0 Å². The summed E-state index contributed by atoms with van der Waals surface area (Å²) in [6.45, 7) is 5.57. The molecule has 0 aliphatic carbocycles. The Bertz CT molecular complexity index is 833. The monoisotopic (exact) mass is 393 g/mol. The number of hydrogen-bond acceptors (Lipinski definition) is 11. The third-order valence-electron chi connectivity index (χ3n) is 4.43. The number of aromatic nitrogens is 5.